The molecule has 0 radical (unpaired) electrons. The summed E-state index contributed by atoms with van der Waals surface area (Å²) in [4.78, 5) is 37.8. The van der Waals surface area contributed by atoms with Gasteiger partial charge in [-0.25, -0.2) is 0 Å². The molecule has 8 nitrogen and oxygen atoms in total. The monoisotopic (exact) mass is 372 g/mol. The van der Waals surface area contributed by atoms with Crippen LogP contribution in [0.4, 0.5) is 4.79 Å². The normalized spacial score (nSPS) is 19.1. The Hall–Kier alpha value is -1.47. The summed E-state index contributed by atoms with van der Waals surface area (Å²) in [6.45, 7) is 9.91. The van der Waals surface area contributed by atoms with Crippen molar-refractivity contribution in [3.8, 4) is 0 Å². The van der Waals surface area contributed by atoms with Gasteiger partial charge in [-0.2, -0.15) is 0 Å². The van der Waals surface area contributed by atoms with Crippen molar-refractivity contribution in [1.82, 2.24) is 10.2 Å². The van der Waals surface area contributed by atoms with E-state index in [4.69, 9.17) is 9.39 Å². The molecule has 2 amide bonds. The number of carbonyl (C=O) groups excluding carboxylic acids is 2. The summed E-state index contributed by atoms with van der Waals surface area (Å²) in [7, 11) is 3.08. The number of rotatable bonds is 6. The van der Waals surface area contributed by atoms with Gasteiger partial charge < -0.3 is 0 Å². The molecule has 1 aliphatic rings. The van der Waals surface area contributed by atoms with Crippen molar-refractivity contribution in [1.29, 1.82) is 0 Å². The van der Waals surface area contributed by atoms with Gasteiger partial charge in [0.05, 0.1) is 0 Å². The Kier molecular flexibility index (Phi) is 7.14. The molecule has 0 aliphatic carbocycles. The number of amides is 2. The van der Waals surface area contributed by atoms with E-state index in [1.165, 1.54) is 11.7 Å². The minimum absolute atomic E-state index is 0.315. The van der Waals surface area contributed by atoms with E-state index in [1.54, 1.807) is 34.6 Å². The first-order valence-corrected chi connectivity index (χ1v) is 8.66. The Balaban J connectivity index is 3.05. The summed E-state index contributed by atoms with van der Waals surface area (Å²) in [5, 5.41) is 11.8. The second-order valence-electron chi connectivity index (χ2n) is 7.45. The first-order chi connectivity index (χ1) is 11.4. The summed E-state index contributed by atoms with van der Waals surface area (Å²) in [5.41, 5.74) is -1.86. The molecule has 1 fully saturated rings. The fraction of sp³-hybridized carbons (Fsp3) is 0.800. The van der Waals surface area contributed by atoms with Gasteiger partial charge in [0.25, 0.3) is 0 Å². The molecule has 1 heterocycles. The second-order valence-corrected chi connectivity index (χ2v) is 7.68. The molecule has 0 aromatic heterocycles. The number of nitrogens with one attached hydrogen (secondary N) is 1. The molecule has 1 aliphatic heterocycles. The molecular formula is C15H26BN2O6P. The van der Waals surface area contributed by atoms with E-state index in [0.717, 1.165) is 0 Å². The minimum atomic E-state index is -1.12. The van der Waals surface area contributed by atoms with Crippen molar-refractivity contribution in [2.75, 3.05) is 6.54 Å². The molecule has 0 unspecified atom stereocenters. The van der Waals surface area contributed by atoms with Gasteiger partial charge in [0.15, 0.2) is 0 Å². The van der Waals surface area contributed by atoms with Gasteiger partial charge in [0.1, 0.15) is 0 Å². The molecule has 0 spiro atoms. The molecule has 10 heteroatoms. The van der Waals surface area contributed by atoms with Crippen LogP contribution in [0.15, 0.2) is 0 Å². The fourth-order valence-corrected chi connectivity index (χ4v) is 2.94. The zero-order valence-electron chi connectivity index (χ0n) is 15.3. The Bertz CT molecular complexity index is 549. The number of nitrogens with zero attached hydrogens (tertiary/aromatic N) is 1. The standard InChI is InChI=1S/C15H26BN2O6P/c1-14(2,3)23-13(22)17-10(15(4,5)24-16-25)11(19)18-8-6-7-9(18)12(20)21/h9-10,25H,6-8H2,1-5H3,(H,17,22)(H,20,21)/t9-,10+/m0/s1. The predicted molar refractivity (Wildman–Crippen MR) is 94.8 cm³/mol. The Morgan fingerprint density at radius 3 is 2.36 bits per heavy atom. The third kappa shape index (κ3) is 6.08. The number of ether oxygens (including phenoxy) is 1. The van der Waals surface area contributed by atoms with Crippen molar-refractivity contribution in [2.45, 2.75) is 70.7 Å². The predicted octanol–water partition coefficient (Wildman–Crippen LogP) is 1.43. The summed E-state index contributed by atoms with van der Waals surface area (Å²) in [5.74, 6) is -1.58. The zero-order valence-corrected chi connectivity index (χ0v) is 16.3. The third-order valence-corrected chi connectivity index (χ3v) is 3.90. The summed E-state index contributed by atoms with van der Waals surface area (Å²) >= 11 is 0. The van der Waals surface area contributed by atoms with Crippen molar-refractivity contribution < 1.29 is 28.9 Å². The number of carbonyl (C=O) groups is 3. The van der Waals surface area contributed by atoms with E-state index in [0.29, 0.717) is 19.4 Å². The SMILES string of the molecule is CC(C)(C)OC(=O)N[C@H](C(=O)N1CCC[C@H]1C(=O)O)C(C)(C)OB=P. The Labute approximate surface area is 150 Å². The van der Waals surface area contributed by atoms with Crippen molar-refractivity contribution in [3.63, 3.8) is 0 Å². The first kappa shape index (κ1) is 21.6. The Morgan fingerprint density at radius 2 is 1.88 bits per heavy atom. The zero-order chi connectivity index (χ0) is 19.4. The van der Waals surface area contributed by atoms with Gasteiger partial charge >= 0.3 is 150 Å². The van der Waals surface area contributed by atoms with Crippen molar-refractivity contribution >= 4 is 33.5 Å². The van der Waals surface area contributed by atoms with Gasteiger partial charge in [-0.1, -0.05) is 0 Å². The quantitative estimate of drug-likeness (QED) is 0.540. The number of carboxylic acid groups (broad SMARTS) is 1. The molecule has 25 heavy (non-hydrogen) atoms. The van der Waals surface area contributed by atoms with Crippen LogP contribution >= 0.6 is 8.73 Å². The van der Waals surface area contributed by atoms with E-state index in [1.807, 2.05) is 0 Å². The molecule has 1 rings (SSSR count). The molecule has 140 valence electrons. The van der Waals surface area contributed by atoms with E-state index in [9.17, 15) is 19.5 Å². The number of carboxylic acids is 1. The van der Waals surface area contributed by atoms with Gasteiger partial charge in [0, 0.05) is 0 Å². The Morgan fingerprint density at radius 1 is 1.28 bits per heavy atom. The molecule has 0 aromatic rings. The van der Waals surface area contributed by atoms with Crippen molar-refractivity contribution in [3.05, 3.63) is 0 Å². The average molecular weight is 372 g/mol. The van der Waals surface area contributed by atoms with Gasteiger partial charge in [0.2, 0.25) is 0 Å². The molecule has 2 N–H and O–H groups in total. The van der Waals surface area contributed by atoms with Crippen LogP contribution in [0.2, 0.25) is 0 Å². The maximum absolute atomic E-state index is 13.0. The van der Waals surface area contributed by atoms with Crippen LogP contribution in [0, 0.1) is 0 Å². The van der Waals surface area contributed by atoms with Gasteiger partial charge in [-0.3, -0.25) is 0 Å². The van der Waals surface area contributed by atoms with Crippen LogP contribution in [0.25, 0.3) is 0 Å². The molecule has 0 bridgehead atoms. The first-order valence-electron chi connectivity index (χ1n) is 8.08. The van der Waals surface area contributed by atoms with E-state index in [-0.39, 0.29) is 0 Å². The van der Waals surface area contributed by atoms with E-state index >= 15 is 0 Å². The summed E-state index contributed by atoms with van der Waals surface area (Å²) < 4.78 is 10.6. The number of alkyl carbamates (subject to hydrolysis) is 1. The molecule has 0 aromatic carbocycles. The van der Waals surface area contributed by atoms with Crippen molar-refractivity contribution in [2.24, 2.45) is 0 Å². The van der Waals surface area contributed by atoms with Gasteiger partial charge in [-0.15, -0.1) is 0 Å². The second kappa shape index (κ2) is 8.28. The summed E-state index contributed by atoms with van der Waals surface area (Å²) in [6, 6.07) is -2.02. The average Bonchev–Trinajstić information content (AvgIpc) is 2.91. The maximum atomic E-state index is 13.0. The van der Waals surface area contributed by atoms with Crippen LogP contribution in [-0.2, 0) is 19.0 Å². The van der Waals surface area contributed by atoms with Crippen LogP contribution in [0.1, 0.15) is 47.5 Å². The third-order valence-electron chi connectivity index (χ3n) is 3.79. The van der Waals surface area contributed by atoms with E-state index in [2.05, 4.69) is 14.0 Å². The van der Waals surface area contributed by atoms with Crippen LogP contribution in [0.5, 0.6) is 0 Å². The molecule has 0 saturated carbocycles. The van der Waals surface area contributed by atoms with Crippen LogP contribution in [0.3, 0.4) is 0 Å². The fourth-order valence-electron chi connectivity index (χ4n) is 2.63. The van der Waals surface area contributed by atoms with E-state index < -0.39 is 41.3 Å². The molecule has 1 saturated heterocycles. The number of hydrogen-bond donors (Lipinski definition) is 2. The number of aliphatic carboxylic acids is 1. The van der Waals surface area contributed by atoms with Gasteiger partial charge in [-0.05, 0) is 0 Å². The number of hydrogen-bond acceptors (Lipinski definition) is 5. The van der Waals surface area contributed by atoms with Crippen LogP contribution < -0.4 is 5.32 Å². The topological polar surface area (TPSA) is 105 Å². The molecule has 2 atom stereocenters. The van der Waals surface area contributed by atoms with Crippen LogP contribution in [-0.4, -0.2) is 64.6 Å². The number of likely N-dealkylation sites (tertiary alicyclic amines) is 1. The molecular weight excluding hydrogens is 346 g/mol. The summed E-state index contributed by atoms with van der Waals surface area (Å²) in [6.07, 6.45) is 0.196.